The van der Waals surface area contributed by atoms with E-state index in [1.165, 1.54) is 0 Å². The van der Waals surface area contributed by atoms with Gasteiger partial charge in [0.15, 0.2) is 0 Å². The largest absolute Gasteiger partial charge is 0.399 e. The van der Waals surface area contributed by atoms with Gasteiger partial charge in [0, 0.05) is 15.5 Å². The van der Waals surface area contributed by atoms with Crippen LogP contribution < -0.4 is 5.32 Å². The fourth-order valence-electron chi connectivity index (χ4n) is 2.17. The van der Waals surface area contributed by atoms with Gasteiger partial charge in [0.1, 0.15) is 5.41 Å². The topological polar surface area (TPSA) is 12.0 Å². The van der Waals surface area contributed by atoms with Crippen LogP contribution in [0.4, 0.5) is 13.2 Å². The van der Waals surface area contributed by atoms with E-state index in [0.717, 1.165) is 0 Å². The van der Waals surface area contributed by atoms with Gasteiger partial charge in [-0.25, -0.2) is 0 Å². The lowest BCUT2D eigenvalue weighted by molar-refractivity contribution is -0.185. The van der Waals surface area contributed by atoms with E-state index in [4.69, 9.17) is 0 Å². The van der Waals surface area contributed by atoms with Crippen LogP contribution in [0.1, 0.15) is 12.0 Å². The second-order valence-corrected chi connectivity index (χ2v) is 6.00. The summed E-state index contributed by atoms with van der Waals surface area (Å²) in [5.74, 6) is 0. The Morgan fingerprint density at radius 1 is 1.12 bits per heavy atom. The molecule has 0 unspecified atom stereocenters. The Kier molecular flexibility index (Phi) is 3.58. The molecule has 1 atom stereocenters. The highest BCUT2D eigenvalue weighted by Gasteiger charge is 2.57. The fourth-order valence-corrected chi connectivity index (χ4v) is 3.47. The molecule has 0 spiro atoms. The van der Waals surface area contributed by atoms with Crippen LogP contribution in [0, 0.1) is 0 Å². The summed E-state index contributed by atoms with van der Waals surface area (Å²) in [6.07, 6.45) is -4.16. The molecular formula is C11H10Br2F3N. The molecule has 1 aromatic rings. The first kappa shape index (κ1) is 13.4. The maximum Gasteiger partial charge on any atom is 0.399 e. The van der Waals surface area contributed by atoms with Crippen molar-refractivity contribution in [2.45, 2.75) is 18.0 Å². The van der Waals surface area contributed by atoms with Gasteiger partial charge in [0.25, 0.3) is 0 Å². The molecule has 17 heavy (non-hydrogen) atoms. The van der Waals surface area contributed by atoms with E-state index < -0.39 is 11.6 Å². The minimum absolute atomic E-state index is 0.0562. The first-order chi connectivity index (χ1) is 7.85. The lowest BCUT2D eigenvalue weighted by Gasteiger charge is -2.31. The fraction of sp³-hybridized carbons (Fsp3) is 0.455. The van der Waals surface area contributed by atoms with Crippen molar-refractivity contribution in [3.05, 3.63) is 32.7 Å². The van der Waals surface area contributed by atoms with Crippen LogP contribution in [0.25, 0.3) is 0 Å². The lowest BCUT2D eigenvalue weighted by Crippen LogP contribution is -2.44. The molecule has 1 N–H and O–H groups in total. The van der Waals surface area contributed by atoms with Crippen LogP contribution in [0.3, 0.4) is 0 Å². The Bertz CT molecular complexity index is 405. The van der Waals surface area contributed by atoms with E-state index in [1.54, 1.807) is 18.2 Å². The Morgan fingerprint density at radius 3 is 2.12 bits per heavy atom. The maximum absolute atomic E-state index is 13.3. The van der Waals surface area contributed by atoms with Crippen molar-refractivity contribution in [1.82, 2.24) is 5.32 Å². The third kappa shape index (κ3) is 2.39. The normalized spacial score (nSPS) is 25.2. The van der Waals surface area contributed by atoms with Gasteiger partial charge in [-0.05, 0) is 36.7 Å². The summed E-state index contributed by atoms with van der Waals surface area (Å²) in [5, 5.41) is 2.81. The number of benzene rings is 1. The van der Waals surface area contributed by atoms with Crippen LogP contribution in [-0.2, 0) is 5.41 Å². The van der Waals surface area contributed by atoms with Gasteiger partial charge < -0.3 is 5.32 Å². The van der Waals surface area contributed by atoms with Gasteiger partial charge in [-0.1, -0.05) is 31.9 Å². The molecule has 2 rings (SSSR count). The average molecular weight is 373 g/mol. The highest BCUT2D eigenvalue weighted by Crippen LogP contribution is 2.46. The van der Waals surface area contributed by atoms with Gasteiger partial charge in [-0.2, -0.15) is 13.2 Å². The van der Waals surface area contributed by atoms with Crippen LogP contribution in [0.2, 0.25) is 0 Å². The molecule has 1 fully saturated rings. The Balaban J connectivity index is 2.53. The van der Waals surface area contributed by atoms with E-state index >= 15 is 0 Å². The predicted octanol–water partition coefficient (Wildman–Crippen LogP) is 4.01. The van der Waals surface area contributed by atoms with Crippen molar-refractivity contribution in [2.75, 3.05) is 13.1 Å². The molecule has 1 nitrogen and oxygen atoms in total. The maximum atomic E-state index is 13.3. The average Bonchev–Trinajstić information content (AvgIpc) is 2.64. The summed E-state index contributed by atoms with van der Waals surface area (Å²) >= 11 is 6.47. The monoisotopic (exact) mass is 371 g/mol. The molecule has 1 aromatic carbocycles. The van der Waals surface area contributed by atoms with Gasteiger partial charge in [0.2, 0.25) is 0 Å². The van der Waals surface area contributed by atoms with Crippen LogP contribution in [0.15, 0.2) is 27.1 Å². The summed E-state index contributed by atoms with van der Waals surface area (Å²) in [6.45, 7) is 0.336. The first-order valence-corrected chi connectivity index (χ1v) is 6.68. The third-order valence-corrected chi connectivity index (χ3v) is 4.03. The van der Waals surface area contributed by atoms with E-state index in [2.05, 4.69) is 37.2 Å². The summed E-state index contributed by atoms with van der Waals surface area (Å²) < 4.78 is 41.2. The zero-order valence-electron chi connectivity index (χ0n) is 8.74. The summed E-state index contributed by atoms with van der Waals surface area (Å²) in [6, 6.07) is 4.83. The van der Waals surface area contributed by atoms with E-state index in [1.807, 2.05) is 0 Å². The Hall–Kier alpha value is -0.0700. The molecule has 0 aliphatic carbocycles. The molecule has 1 saturated heterocycles. The van der Waals surface area contributed by atoms with Gasteiger partial charge in [-0.3, -0.25) is 0 Å². The highest BCUT2D eigenvalue weighted by atomic mass is 79.9. The van der Waals surface area contributed by atoms with Gasteiger partial charge >= 0.3 is 6.18 Å². The predicted molar refractivity (Wildman–Crippen MR) is 67.1 cm³/mol. The number of nitrogens with one attached hydrogen (secondary N) is 1. The summed E-state index contributed by atoms with van der Waals surface area (Å²) in [4.78, 5) is 0. The lowest BCUT2D eigenvalue weighted by atomic mass is 9.79. The van der Waals surface area contributed by atoms with Crippen LogP contribution >= 0.6 is 31.9 Å². The second kappa shape index (κ2) is 4.55. The smallest absolute Gasteiger partial charge is 0.315 e. The molecule has 0 aromatic heterocycles. The van der Waals surface area contributed by atoms with E-state index in [0.29, 0.717) is 21.1 Å². The third-order valence-electron chi connectivity index (χ3n) is 3.11. The molecule has 0 radical (unpaired) electrons. The van der Waals surface area contributed by atoms with E-state index in [-0.39, 0.29) is 13.0 Å². The molecule has 0 bridgehead atoms. The minimum Gasteiger partial charge on any atom is -0.315 e. The van der Waals surface area contributed by atoms with Crippen molar-refractivity contribution in [2.24, 2.45) is 0 Å². The van der Waals surface area contributed by atoms with Crippen LogP contribution in [0.5, 0.6) is 0 Å². The van der Waals surface area contributed by atoms with Crippen molar-refractivity contribution in [3.63, 3.8) is 0 Å². The van der Waals surface area contributed by atoms with Crippen molar-refractivity contribution >= 4 is 31.9 Å². The molecule has 0 amide bonds. The zero-order chi connectivity index (χ0) is 12.7. The molecule has 94 valence electrons. The number of alkyl halides is 3. The summed E-state index contributed by atoms with van der Waals surface area (Å²) in [7, 11) is 0. The SMILES string of the molecule is FC(F)(F)[C@@]1(c2cc(Br)cc(Br)c2)CCNC1. The van der Waals surface area contributed by atoms with Gasteiger partial charge in [-0.15, -0.1) is 0 Å². The van der Waals surface area contributed by atoms with Crippen LogP contribution in [-0.4, -0.2) is 19.3 Å². The Labute approximate surface area is 114 Å². The molecular weight excluding hydrogens is 363 g/mol. The molecule has 6 heteroatoms. The minimum atomic E-state index is -4.24. The number of rotatable bonds is 1. The molecule has 0 saturated carbocycles. The van der Waals surface area contributed by atoms with Crippen molar-refractivity contribution < 1.29 is 13.2 Å². The van der Waals surface area contributed by atoms with E-state index in [9.17, 15) is 13.2 Å². The standard InChI is InChI=1S/C11H10Br2F3N/c12-8-3-7(4-9(13)5-8)10(11(14,15)16)1-2-17-6-10/h3-5,17H,1-2,6H2/t10-/m0/s1. The second-order valence-electron chi connectivity index (χ2n) is 4.16. The first-order valence-electron chi connectivity index (χ1n) is 5.09. The molecule has 1 heterocycles. The number of halogens is 5. The number of hydrogen-bond acceptors (Lipinski definition) is 1. The van der Waals surface area contributed by atoms with Crippen molar-refractivity contribution in [1.29, 1.82) is 0 Å². The molecule has 1 aliphatic heterocycles. The number of hydrogen-bond donors (Lipinski definition) is 1. The van der Waals surface area contributed by atoms with Gasteiger partial charge in [0.05, 0.1) is 0 Å². The summed E-state index contributed by atoms with van der Waals surface area (Å²) in [5.41, 5.74) is -1.46. The highest BCUT2D eigenvalue weighted by molar-refractivity contribution is 9.11. The molecule has 1 aliphatic rings. The van der Waals surface area contributed by atoms with Crippen molar-refractivity contribution in [3.8, 4) is 0 Å². The zero-order valence-corrected chi connectivity index (χ0v) is 11.9. The quantitative estimate of drug-likeness (QED) is 0.785. The Morgan fingerprint density at radius 2 is 1.71 bits per heavy atom.